The Morgan fingerprint density at radius 2 is 0.891 bits per heavy atom. The minimum atomic E-state index is -0.407. The first kappa shape index (κ1) is 40.5. The summed E-state index contributed by atoms with van der Waals surface area (Å²) < 4.78 is 32.3. The first-order valence-electron chi connectivity index (χ1n) is 16.3. The van der Waals surface area contributed by atoms with Gasteiger partial charge in [0.1, 0.15) is 0 Å². The lowest BCUT2D eigenvalue weighted by Gasteiger charge is -2.22. The normalized spacial score (nSPS) is 11.2. The Hall–Kier alpha value is -3.56. The Morgan fingerprint density at radius 1 is 0.543 bits per heavy atom. The van der Waals surface area contributed by atoms with Gasteiger partial charge in [0.25, 0.3) is 0 Å². The van der Waals surface area contributed by atoms with Crippen molar-refractivity contribution in [1.82, 2.24) is 0 Å². The van der Waals surface area contributed by atoms with Crippen LogP contribution in [0.2, 0.25) is 0 Å². The highest BCUT2D eigenvalue weighted by atomic mass is 16.6. The van der Waals surface area contributed by atoms with E-state index < -0.39 is 11.9 Å². The highest BCUT2D eigenvalue weighted by Crippen LogP contribution is 2.50. The lowest BCUT2D eigenvalue weighted by atomic mass is 10.00. The van der Waals surface area contributed by atoms with Gasteiger partial charge in [0.05, 0.1) is 28.4 Å². The predicted molar refractivity (Wildman–Crippen MR) is 175 cm³/mol. The molecule has 0 spiro atoms. The first-order valence-corrected chi connectivity index (χ1v) is 16.3. The first-order chi connectivity index (χ1) is 22.1. The zero-order valence-electron chi connectivity index (χ0n) is 28.8. The number of rotatable bonds is 24. The van der Waals surface area contributed by atoms with Crippen LogP contribution < -0.4 is 18.9 Å². The largest absolute Gasteiger partial charge is 0.490 e. The van der Waals surface area contributed by atoms with Crippen LogP contribution in [0.5, 0.6) is 23.0 Å². The molecule has 10 heteroatoms. The summed E-state index contributed by atoms with van der Waals surface area (Å²) in [4.78, 5) is 48.2. The smallest absolute Gasteiger partial charge is 0.311 e. The van der Waals surface area contributed by atoms with E-state index in [2.05, 4.69) is 9.47 Å². The molecule has 0 aliphatic rings. The maximum Gasteiger partial charge on any atom is 0.311 e. The third kappa shape index (κ3) is 15.6. The molecule has 258 valence electrons. The van der Waals surface area contributed by atoms with E-state index in [1.807, 2.05) is 0 Å². The van der Waals surface area contributed by atoms with Crippen LogP contribution in [-0.2, 0) is 35.1 Å². The molecule has 0 saturated carbocycles. The summed E-state index contributed by atoms with van der Waals surface area (Å²) in [5, 5.41) is 0. The van der Waals surface area contributed by atoms with Gasteiger partial charge in [-0.2, -0.15) is 0 Å². The van der Waals surface area contributed by atoms with Gasteiger partial charge in [0.2, 0.25) is 11.5 Å². The summed E-state index contributed by atoms with van der Waals surface area (Å²) in [6.45, 7) is 9.47. The molecule has 0 N–H and O–H groups in total. The topological polar surface area (TPSA) is 124 Å². The van der Waals surface area contributed by atoms with Gasteiger partial charge in [0.15, 0.2) is 11.5 Å². The molecule has 0 aliphatic carbocycles. The van der Waals surface area contributed by atoms with Gasteiger partial charge in [-0.3, -0.25) is 19.2 Å². The summed E-state index contributed by atoms with van der Waals surface area (Å²) in [5.74, 6) is -0.421. The minimum Gasteiger partial charge on any atom is -0.490 e. The number of carbonyl (C=O) groups excluding carboxylic acids is 4. The van der Waals surface area contributed by atoms with Crippen LogP contribution >= 0.6 is 0 Å². The predicted octanol–water partition coefficient (Wildman–Crippen LogP) is 7.61. The summed E-state index contributed by atoms with van der Waals surface area (Å²) in [7, 11) is 5.66. The van der Waals surface area contributed by atoms with Crippen molar-refractivity contribution >= 4 is 23.9 Å². The second-order valence-electron chi connectivity index (χ2n) is 11.3. The average Bonchev–Trinajstić information content (AvgIpc) is 3.03. The van der Waals surface area contributed by atoms with Crippen LogP contribution in [-0.4, -0.2) is 52.3 Å². The molecule has 0 aromatic heterocycles. The van der Waals surface area contributed by atoms with Gasteiger partial charge in [-0.25, -0.2) is 0 Å². The van der Waals surface area contributed by atoms with Crippen molar-refractivity contribution in [3.63, 3.8) is 0 Å². The van der Waals surface area contributed by atoms with Gasteiger partial charge in [-0.05, 0) is 52.9 Å². The molecule has 0 amide bonds. The Bertz CT molecular complexity index is 1130. The number of allylic oxidation sites excluding steroid dienone is 2. The second kappa shape index (κ2) is 23.7. The Morgan fingerprint density at radius 3 is 1.26 bits per heavy atom. The van der Waals surface area contributed by atoms with Gasteiger partial charge in [-0.1, -0.05) is 63.0 Å². The third-order valence-corrected chi connectivity index (χ3v) is 7.63. The van der Waals surface area contributed by atoms with Crippen molar-refractivity contribution in [2.75, 3.05) is 28.4 Å². The molecule has 46 heavy (non-hydrogen) atoms. The van der Waals surface area contributed by atoms with Gasteiger partial charge >= 0.3 is 23.9 Å². The fourth-order valence-electron chi connectivity index (χ4n) is 4.96. The fourth-order valence-corrected chi connectivity index (χ4v) is 4.96. The van der Waals surface area contributed by atoms with E-state index in [1.54, 1.807) is 19.9 Å². The van der Waals surface area contributed by atoms with Crippen molar-refractivity contribution in [3.8, 4) is 23.0 Å². The number of unbranched alkanes of at least 4 members (excludes halogenated alkanes) is 10. The number of ether oxygens (including phenoxy) is 6. The summed E-state index contributed by atoms with van der Waals surface area (Å²) >= 11 is 0. The number of hydrogen-bond donors (Lipinski definition) is 0. The summed E-state index contributed by atoms with van der Waals surface area (Å²) in [6, 6.07) is 0. The van der Waals surface area contributed by atoms with Crippen molar-refractivity contribution in [2.24, 2.45) is 0 Å². The van der Waals surface area contributed by atoms with E-state index in [4.69, 9.17) is 25.9 Å². The van der Waals surface area contributed by atoms with E-state index >= 15 is 0 Å². The molecule has 0 unspecified atom stereocenters. The van der Waals surface area contributed by atoms with Crippen LogP contribution in [0, 0.1) is 13.8 Å². The average molecular weight is 647 g/mol. The molecule has 0 fully saturated rings. The molecule has 0 heterocycles. The van der Waals surface area contributed by atoms with Crippen LogP contribution in [0.4, 0.5) is 0 Å². The molecular weight excluding hydrogens is 592 g/mol. The van der Waals surface area contributed by atoms with Crippen LogP contribution in [0.1, 0.15) is 121 Å². The highest BCUT2D eigenvalue weighted by molar-refractivity contribution is 5.79. The van der Waals surface area contributed by atoms with Crippen molar-refractivity contribution < 1.29 is 47.6 Å². The van der Waals surface area contributed by atoms with E-state index in [-0.39, 0.29) is 47.8 Å². The summed E-state index contributed by atoms with van der Waals surface area (Å²) in [5.41, 5.74) is 1.78. The van der Waals surface area contributed by atoms with E-state index in [9.17, 15) is 19.2 Å². The standard InChI is InChI=1S/C36H54O10/c1-26(2)24-25-28-27(3)33(45-31(39)22-18-14-10-8-12-16-20-29(37)41-4)35(43-6)36(44-7)34(28)46-32(40)23-19-15-11-9-13-17-21-30(38)42-5/h1,24H,8-23,25H2,2-7H3/b26-24-. The van der Waals surface area contributed by atoms with Gasteiger partial charge < -0.3 is 28.4 Å². The molecule has 0 atom stereocenters. The Labute approximate surface area is 275 Å². The fraction of sp³-hybridized carbons (Fsp3) is 0.639. The molecular formula is C36H54O10. The molecule has 1 rings (SSSR count). The quantitative estimate of drug-likeness (QED) is 0.0630. The molecule has 0 saturated heterocycles. The van der Waals surface area contributed by atoms with Crippen molar-refractivity contribution in [2.45, 2.75) is 123 Å². The van der Waals surface area contributed by atoms with E-state index in [0.717, 1.165) is 64.2 Å². The number of benzene rings is 1. The van der Waals surface area contributed by atoms with Gasteiger partial charge in [-0.15, -0.1) is 0 Å². The van der Waals surface area contributed by atoms with Crippen molar-refractivity contribution in [3.05, 3.63) is 29.7 Å². The van der Waals surface area contributed by atoms with Crippen LogP contribution in [0.25, 0.3) is 0 Å². The number of methoxy groups -OCH3 is 4. The lowest BCUT2D eigenvalue weighted by Crippen LogP contribution is -2.14. The monoisotopic (exact) mass is 646 g/mol. The molecule has 0 aliphatic heterocycles. The maximum atomic E-state index is 12.9. The summed E-state index contributed by atoms with van der Waals surface area (Å²) in [6.07, 6.45) is 13.8. The molecule has 2 radical (unpaired) electrons. The molecule has 1 aromatic rings. The SMILES string of the molecule is [CH]/C(C)=C/Cc1c(C)c(OC(=O)CCCCCCCCC(=O)OC)c(OC)c(OC)c1OC(=O)CCCCCCCCC(=O)OC. The van der Waals surface area contributed by atoms with E-state index in [1.165, 1.54) is 28.4 Å². The molecule has 10 nitrogen and oxygen atoms in total. The zero-order valence-corrected chi connectivity index (χ0v) is 28.8. The van der Waals surface area contributed by atoms with Gasteiger partial charge in [0, 0.05) is 36.8 Å². The highest BCUT2D eigenvalue weighted by Gasteiger charge is 2.28. The van der Waals surface area contributed by atoms with Crippen LogP contribution in [0.15, 0.2) is 11.6 Å². The number of carbonyl (C=O) groups is 4. The number of hydrogen-bond acceptors (Lipinski definition) is 10. The maximum absolute atomic E-state index is 12.9. The second-order valence-corrected chi connectivity index (χ2v) is 11.3. The van der Waals surface area contributed by atoms with E-state index in [0.29, 0.717) is 48.8 Å². The minimum absolute atomic E-state index is 0.167. The molecule has 0 bridgehead atoms. The lowest BCUT2D eigenvalue weighted by molar-refractivity contribution is -0.141. The number of esters is 4. The Balaban J connectivity index is 2.88. The van der Waals surface area contributed by atoms with Crippen molar-refractivity contribution in [1.29, 1.82) is 0 Å². The van der Waals surface area contributed by atoms with Crippen LogP contribution in [0.3, 0.4) is 0 Å². The zero-order chi connectivity index (χ0) is 34.3. The Kier molecular flexibility index (Phi) is 20.9. The molecule has 1 aromatic carbocycles. The third-order valence-electron chi connectivity index (χ3n) is 7.63.